The van der Waals surface area contributed by atoms with Gasteiger partial charge in [0.15, 0.2) is 0 Å². The first kappa shape index (κ1) is 13.2. The van der Waals surface area contributed by atoms with Crippen LogP contribution >= 0.6 is 0 Å². The van der Waals surface area contributed by atoms with Crippen LogP contribution in [0.3, 0.4) is 0 Å². The lowest BCUT2D eigenvalue weighted by atomic mass is 10.1. The second-order valence-corrected chi connectivity index (χ2v) is 3.78. The maximum Gasteiger partial charge on any atom is 0.254 e. The van der Waals surface area contributed by atoms with Crippen LogP contribution in [-0.2, 0) is 0 Å². The van der Waals surface area contributed by atoms with E-state index in [2.05, 4.69) is 17.2 Å². The predicted octanol–water partition coefficient (Wildman–Crippen LogP) is 1.31. The molecule has 0 aliphatic carbocycles. The van der Waals surface area contributed by atoms with E-state index in [9.17, 15) is 9.18 Å². The molecule has 0 aliphatic rings. The molecular weight excluding hydrogens is 221 g/mol. The molecule has 0 atom stereocenters. The van der Waals surface area contributed by atoms with Crippen molar-refractivity contribution in [1.82, 2.24) is 5.32 Å². The molecule has 1 aromatic rings. The molecule has 4 heteroatoms. The minimum atomic E-state index is -0.618. The smallest absolute Gasteiger partial charge is 0.254 e. The lowest BCUT2D eigenvalue weighted by molar-refractivity contribution is 0.0939. The molecule has 0 saturated heterocycles. The van der Waals surface area contributed by atoms with E-state index in [-0.39, 0.29) is 18.2 Å². The summed E-state index contributed by atoms with van der Waals surface area (Å²) in [5.74, 6) is 3.92. The third-order valence-corrected chi connectivity index (χ3v) is 1.95. The Balaban J connectivity index is 2.93. The lowest BCUT2D eigenvalue weighted by Gasteiger charge is -2.08. The molecule has 0 saturated carbocycles. The van der Waals surface area contributed by atoms with Gasteiger partial charge >= 0.3 is 0 Å². The molecule has 0 aliphatic heterocycles. The molecule has 0 aromatic heterocycles. The monoisotopic (exact) mass is 235 g/mol. The Bertz CT molecular complexity index is 472. The Kier molecular flexibility index (Phi) is 4.68. The second kappa shape index (κ2) is 6.02. The van der Waals surface area contributed by atoms with Gasteiger partial charge in [-0.15, -0.1) is 0 Å². The van der Waals surface area contributed by atoms with Crippen LogP contribution in [0.5, 0.6) is 0 Å². The van der Waals surface area contributed by atoms with Gasteiger partial charge in [-0.05, 0) is 32.0 Å². The van der Waals surface area contributed by atoms with Gasteiger partial charge in [0.2, 0.25) is 0 Å². The zero-order valence-electron chi connectivity index (χ0n) is 9.75. The fraction of sp³-hybridized carbons (Fsp3) is 0.308. The van der Waals surface area contributed by atoms with Crippen molar-refractivity contribution in [2.45, 2.75) is 19.9 Å². The number of hydrogen-bond acceptors (Lipinski definition) is 2. The Labute approximate surface area is 99.7 Å². The van der Waals surface area contributed by atoms with Crippen molar-refractivity contribution >= 4 is 5.91 Å². The summed E-state index contributed by atoms with van der Waals surface area (Å²) in [5, 5.41) is 11.1. The van der Waals surface area contributed by atoms with Crippen LogP contribution in [0.25, 0.3) is 0 Å². The lowest BCUT2D eigenvalue weighted by Crippen LogP contribution is -2.30. The maximum absolute atomic E-state index is 13.6. The van der Waals surface area contributed by atoms with Gasteiger partial charge in [-0.2, -0.15) is 0 Å². The first-order valence-electron chi connectivity index (χ1n) is 5.24. The van der Waals surface area contributed by atoms with Crippen molar-refractivity contribution in [2.75, 3.05) is 6.61 Å². The summed E-state index contributed by atoms with van der Waals surface area (Å²) in [5.41, 5.74) is 0.422. The molecule has 1 aromatic carbocycles. The molecule has 0 spiro atoms. The summed E-state index contributed by atoms with van der Waals surface area (Å²) in [6.07, 6.45) is 0. The van der Waals surface area contributed by atoms with Crippen molar-refractivity contribution in [3.63, 3.8) is 0 Å². The number of rotatable bonds is 2. The fourth-order valence-electron chi connectivity index (χ4n) is 1.26. The number of amides is 1. The van der Waals surface area contributed by atoms with E-state index >= 15 is 0 Å². The topological polar surface area (TPSA) is 49.3 Å². The Morgan fingerprint density at radius 2 is 2.24 bits per heavy atom. The van der Waals surface area contributed by atoms with E-state index in [0.717, 1.165) is 0 Å². The number of carbonyl (C=O) groups excluding carboxylic acids is 1. The Morgan fingerprint density at radius 1 is 1.53 bits per heavy atom. The summed E-state index contributed by atoms with van der Waals surface area (Å²) in [7, 11) is 0. The van der Waals surface area contributed by atoms with Gasteiger partial charge in [0.25, 0.3) is 5.91 Å². The molecule has 1 rings (SSSR count). The van der Waals surface area contributed by atoms with Crippen LogP contribution in [0.4, 0.5) is 4.39 Å². The van der Waals surface area contributed by atoms with Crippen LogP contribution in [0, 0.1) is 17.7 Å². The van der Waals surface area contributed by atoms with E-state index in [1.807, 2.05) is 0 Å². The van der Waals surface area contributed by atoms with Gasteiger partial charge in [0.1, 0.15) is 12.4 Å². The molecule has 0 fully saturated rings. The number of aliphatic hydroxyl groups excluding tert-OH is 1. The fourth-order valence-corrected chi connectivity index (χ4v) is 1.26. The quantitative estimate of drug-likeness (QED) is 0.759. The highest BCUT2D eigenvalue weighted by atomic mass is 19.1. The first-order chi connectivity index (χ1) is 8.04. The number of benzene rings is 1. The van der Waals surface area contributed by atoms with Crippen molar-refractivity contribution in [3.05, 3.63) is 35.1 Å². The largest absolute Gasteiger partial charge is 0.384 e. The van der Waals surface area contributed by atoms with Crippen molar-refractivity contribution < 1.29 is 14.3 Å². The summed E-state index contributed by atoms with van der Waals surface area (Å²) in [6, 6.07) is 4.06. The van der Waals surface area contributed by atoms with Crippen molar-refractivity contribution in [1.29, 1.82) is 0 Å². The summed E-state index contributed by atoms with van der Waals surface area (Å²) in [6.45, 7) is 3.32. The van der Waals surface area contributed by atoms with Crippen LogP contribution in [0.2, 0.25) is 0 Å². The molecule has 1 amide bonds. The zero-order valence-corrected chi connectivity index (χ0v) is 9.75. The molecule has 90 valence electrons. The highest BCUT2D eigenvalue weighted by Gasteiger charge is 2.12. The molecule has 0 bridgehead atoms. The Hall–Kier alpha value is -1.86. The maximum atomic E-state index is 13.6. The molecule has 0 unspecified atom stereocenters. The summed E-state index contributed by atoms with van der Waals surface area (Å²) >= 11 is 0. The SMILES string of the molecule is CC(C)NC(=O)c1ccc(C#CCO)cc1F. The summed E-state index contributed by atoms with van der Waals surface area (Å²) in [4.78, 5) is 11.6. The Morgan fingerprint density at radius 3 is 2.76 bits per heavy atom. The van der Waals surface area contributed by atoms with Crippen LogP contribution < -0.4 is 5.32 Å². The molecule has 0 radical (unpaired) electrons. The van der Waals surface area contributed by atoms with E-state index in [0.29, 0.717) is 5.56 Å². The average molecular weight is 235 g/mol. The third kappa shape index (κ3) is 3.89. The van der Waals surface area contributed by atoms with Gasteiger partial charge in [0.05, 0.1) is 5.56 Å². The average Bonchev–Trinajstić information content (AvgIpc) is 2.25. The first-order valence-corrected chi connectivity index (χ1v) is 5.24. The third-order valence-electron chi connectivity index (χ3n) is 1.95. The van der Waals surface area contributed by atoms with E-state index in [1.165, 1.54) is 12.1 Å². The highest BCUT2D eigenvalue weighted by Crippen LogP contribution is 2.10. The summed E-state index contributed by atoms with van der Waals surface area (Å²) < 4.78 is 13.6. The zero-order chi connectivity index (χ0) is 12.8. The van der Waals surface area contributed by atoms with E-state index < -0.39 is 11.7 Å². The number of nitrogens with one attached hydrogen (secondary N) is 1. The van der Waals surface area contributed by atoms with Crippen LogP contribution in [0.15, 0.2) is 18.2 Å². The van der Waals surface area contributed by atoms with Crippen molar-refractivity contribution in [2.24, 2.45) is 0 Å². The van der Waals surface area contributed by atoms with Gasteiger partial charge in [-0.25, -0.2) is 4.39 Å². The van der Waals surface area contributed by atoms with E-state index in [1.54, 1.807) is 19.9 Å². The van der Waals surface area contributed by atoms with Gasteiger partial charge in [-0.1, -0.05) is 11.8 Å². The number of aliphatic hydroxyl groups is 1. The second-order valence-electron chi connectivity index (χ2n) is 3.78. The van der Waals surface area contributed by atoms with E-state index in [4.69, 9.17) is 5.11 Å². The predicted molar refractivity (Wildman–Crippen MR) is 63.0 cm³/mol. The van der Waals surface area contributed by atoms with Gasteiger partial charge < -0.3 is 10.4 Å². The number of hydrogen-bond donors (Lipinski definition) is 2. The number of carbonyl (C=O) groups is 1. The minimum absolute atomic E-state index is 0.00625. The molecule has 2 N–H and O–H groups in total. The van der Waals surface area contributed by atoms with Crippen LogP contribution in [0.1, 0.15) is 29.8 Å². The minimum Gasteiger partial charge on any atom is -0.384 e. The molecular formula is C13H14FNO2. The highest BCUT2D eigenvalue weighted by molar-refractivity contribution is 5.94. The standard InChI is InChI=1S/C13H14FNO2/c1-9(2)15-13(17)11-6-5-10(4-3-7-16)8-12(11)14/h5-6,8-9,16H,7H2,1-2H3,(H,15,17). The van der Waals surface area contributed by atoms with Crippen molar-refractivity contribution in [3.8, 4) is 11.8 Å². The molecule has 0 heterocycles. The molecule has 3 nitrogen and oxygen atoms in total. The van der Waals surface area contributed by atoms with Gasteiger partial charge in [-0.3, -0.25) is 4.79 Å². The van der Waals surface area contributed by atoms with Crippen LogP contribution in [-0.4, -0.2) is 23.7 Å². The van der Waals surface area contributed by atoms with Gasteiger partial charge in [0, 0.05) is 11.6 Å². The normalized spacial score (nSPS) is 9.71. The molecule has 17 heavy (non-hydrogen) atoms. The number of halogens is 1.